The fourth-order valence-electron chi connectivity index (χ4n) is 2.84. The van der Waals surface area contributed by atoms with Gasteiger partial charge in [-0.2, -0.15) is 0 Å². The van der Waals surface area contributed by atoms with E-state index in [1.54, 1.807) is 24.3 Å². The highest BCUT2D eigenvalue weighted by Gasteiger charge is 2.44. The van der Waals surface area contributed by atoms with Gasteiger partial charge in [0, 0.05) is 28.7 Å². The van der Waals surface area contributed by atoms with Gasteiger partial charge in [-0.25, -0.2) is 0 Å². The largest absolute Gasteiger partial charge is 0.352 e. The second-order valence-corrected chi connectivity index (χ2v) is 6.31. The molecule has 2 amide bonds. The third kappa shape index (κ3) is 3.60. The van der Waals surface area contributed by atoms with Gasteiger partial charge >= 0.3 is 0 Å². The lowest BCUT2D eigenvalue weighted by Crippen LogP contribution is -2.23. The van der Waals surface area contributed by atoms with Crippen LogP contribution in [-0.4, -0.2) is 18.4 Å². The number of hydrogen-bond donors (Lipinski definition) is 2. The van der Waals surface area contributed by atoms with Crippen molar-refractivity contribution < 1.29 is 9.59 Å². The number of nitrogens with one attached hydrogen (secondary N) is 2. The van der Waals surface area contributed by atoms with E-state index in [1.807, 2.05) is 31.2 Å². The lowest BCUT2D eigenvalue weighted by molar-refractivity contribution is -0.117. The van der Waals surface area contributed by atoms with Gasteiger partial charge in [-0.05, 0) is 49.1 Å². The zero-order valence-corrected chi connectivity index (χ0v) is 14.1. The third-order valence-electron chi connectivity index (χ3n) is 4.16. The Balaban J connectivity index is 1.65. The molecule has 2 aromatic carbocycles. The summed E-state index contributed by atoms with van der Waals surface area (Å²) in [7, 11) is 0. The molecule has 1 aliphatic carbocycles. The van der Waals surface area contributed by atoms with Crippen LogP contribution in [-0.2, 0) is 4.79 Å². The summed E-state index contributed by atoms with van der Waals surface area (Å²) in [5.74, 6) is -0.0785. The van der Waals surface area contributed by atoms with Gasteiger partial charge < -0.3 is 10.6 Å². The predicted molar refractivity (Wildman–Crippen MR) is 95.4 cm³/mol. The molecule has 0 aliphatic heterocycles. The van der Waals surface area contributed by atoms with Crippen LogP contribution in [0.1, 0.15) is 35.2 Å². The molecule has 0 bridgehead atoms. The minimum Gasteiger partial charge on any atom is -0.352 e. The summed E-state index contributed by atoms with van der Waals surface area (Å²) < 4.78 is 0. The molecule has 24 heavy (non-hydrogen) atoms. The summed E-state index contributed by atoms with van der Waals surface area (Å²) >= 11 is 6.20. The van der Waals surface area contributed by atoms with Crippen molar-refractivity contribution in [3.8, 4) is 0 Å². The van der Waals surface area contributed by atoms with E-state index in [2.05, 4.69) is 10.6 Å². The lowest BCUT2D eigenvalue weighted by Gasteiger charge is -2.08. The normalized spacial score (nSPS) is 18.8. The molecule has 1 aliphatic rings. The van der Waals surface area contributed by atoms with E-state index < -0.39 is 0 Å². The molecule has 2 N–H and O–H groups in total. The van der Waals surface area contributed by atoms with Crippen molar-refractivity contribution in [2.75, 3.05) is 11.9 Å². The van der Waals surface area contributed by atoms with Gasteiger partial charge in [-0.1, -0.05) is 35.9 Å². The number of halogens is 1. The van der Waals surface area contributed by atoms with E-state index in [1.165, 1.54) is 0 Å². The zero-order valence-electron chi connectivity index (χ0n) is 13.4. The molecule has 124 valence electrons. The van der Waals surface area contributed by atoms with Crippen molar-refractivity contribution >= 4 is 29.1 Å². The lowest BCUT2D eigenvalue weighted by atomic mass is 10.1. The molecular formula is C19H19ClN2O2. The number of rotatable bonds is 5. The zero-order chi connectivity index (χ0) is 17.1. The number of amides is 2. The minimum atomic E-state index is -0.144. The predicted octanol–water partition coefficient (Wildman–Crippen LogP) is 3.83. The summed E-state index contributed by atoms with van der Waals surface area (Å²) in [6.07, 6.45) is 0.797. The number of hydrogen-bond acceptors (Lipinski definition) is 2. The highest BCUT2D eigenvalue weighted by molar-refractivity contribution is 6.31. The van der Waals surface area contributed by atoms with Crippen molar-refractivity contribution in [3.63, 3.8) is 0 Å². The Bertz CT molecular complexity index is 775. The quantitative estimate of drug-likeness (QED) is 0.867. The van der Waals surface area contributed by atoms with Crippen LogP contribution in [0.15, 0.2) is 48.5 Å². The maximum absolute atomic E-state index is 12.4. The van der Waals surface area contributed by atoms with E-state index in [0.29, 0.717) is 22.8 Å². The molecule has 4 nitrogen and oxygen atoms in total. The SMILES string of the molecule is CCNC(=O)c1cccc(NC(=O)[C@@H]2C[C@@H]2c2ccccc2Cl)c1. The van der Waals surface area contributed by atoms with E-state index in [0.717, 1.165) is 12.0 Å². The average Bonchev–Trinajstić information content (AvgIpc) is 3.36. The molecule has 0 heterocycles. The number of anilines is 1. The standard InChI is InChI=1S/C19H19ClN2O2/c1-2-21-18(23)12-6-5-7-13(10-12)22-19(24)16-11-15(16)14-8-3-4-9-17(14)20/h3-10,15-16H,2,11H2,1H3,(H,21,23)(H,22,24)/t15-,16-/m1/s1. The number of benzene rings is 2. The third-order valence-corrected chi connectivity index (χ3v) is 4.51. The van der Waals surface area contributed by atoms with Gasteiger partial charge in [0.25, 0.3) is 5.91 Å². The molecule has 0 unspecified atom stereocenters. The van der Waals surface area contributed by atoms with Gasteiger partial charge in [0.05, 0.1) is 0 Å². The van der Waals surface area contributed by atoms with Gasteiger partial charge in [0.15, 0.2) is 0 Å². The summed E-state index contributed by atoms with van der Waals surface area (Å²) in [5, 5.41) is 6.35. The second kappa shape index (κ2) is 7.05. The molecular weight excluding hydrogens is 324 g/mol. The monoisotopic (exact) mass is 342 g/mol. The first-order chi connectivity index (χ1) is 11.6. The van der Waals surface area contributed by atoms with Crippen molar-refractivity contribution in [1.29, 1.82) is 0 Å². The van der Waals surface area contributed by atoms with E-state index in [4.69, 9.17) is 11.6 Å². The van der Waals surface area contributed by atoms with Crippen LogP contribution in [0.5, 0.6) is 0 Å². The van der Waals surface area contributed by atoms with Gasteiger partial charge in [-0.15, -0.1) is 0 Å². The fourth-order valence-corrected chi connectivity index (χ4v) is 3.12. The molecule has 5 heteroatoms. The molecule has 2 aromatic rings. The van der Waals surface area contributed by atoms with Crippen LogP contribution in [0.2, 0.25) is 5.02 Å². The van der Waals surface area contributed by atoms with Crippen LogP contribution >= 0.6 is 11.6 Å². The van der Waals surface area contributed by atoms with Crippen LogP contribution in [0.4, 0.5) is 5.69 Å². The minimum absolute atomic E-state index is 0.0343. The van der Waals surface area contributed by atoms with Gasteiger partial charge in [0.2, 0.25) is 5.91 Å². The molecule has 0 aromatic heterocycles. The van der Waals surface area contributed by atoms with Crippen molar-refractivity contribution in [3.05, 3.63) is 64.7 Å². The Morgan fingerprint density at radius 1 is 1.17 bits per heavy atom. The van der Waals surface area contributed by atoms with E-state index in [9.17, 15) is 9.59 Å². The maximum Gasteiger partial charge on any atom is 0.251 e. The Labute approximate surface area is 146 Å². The Morgan fingerprint density at radius 2 is 1.96 bits per heavy atom. The van der Waals surface area contributed by atoms with Crippen molar-refractivity contribution in [1.82, 2.24) is 5.32 Å². The Morgan fingerprint density at radius 3 is 2.71 bits per heavy atom. The van der Waals surface area contributed by atoms with E-state index >= 15 is 0 Å². The van der Waals surface area contributed by atoms with Crippen molar-refractivity contribution in [2.45, 2.75) is 19.3 Å². The molecule has 0 radical (unpaired) electrons. The topological polar surface area (TPSA) is 58.2 Å². The smallest absolute Gasteiger partial charge is 0.251 e. The fraction of sp³-hybridized carbons (Fsp3) is 0.263. The highest BCUT2D eigenvalue weighted by Crippen LogP contribution is 2.49. The van der Waals surface area contributed by atoms with Crippen LogP contribution in [0.25, 0.3) is 0 Å². The van der Waals surface area contributed by atoms with Crippen LogP contribution in [0.3, 0.4) is 0 Å². The first-order valence-corrected chi connectivity index (χ1v) is 8.41. The Kier molecular flexibility index (Phi) is 4.86. The first kappa shape index (κ1) is 16.5. The van der Waals surface area contributed by atoms with Crippen LogP contribution in [0, 0.1) is 5.92 Å². The maximum atomic E-state index is 12.4. The number of carbonyl (C=O) groups is 2. The van der Waals surface area contributed by atoms with E-state index in [-0.39, 0.29) is 23.7 Å². The molecule has 1 fully saturated rings. The molecule has 0 spiro atoms. The highest BCUT2D eigenvalue weighted by atomic mass is 35.5. The van der Waals surface area contributed by atoms with Crippen molar-refractivity contribution in [2.24, 2.45) is 5.92 Å². The first-order valence-electron chi connectivity index (χ1n) is 8.03. The summed E-state index contributed by atoms with van der Waals surface area (Å²) in [6, 6.07) is 14.6. The number of carbonyl (C=O) groups excluding carboxylic acids is 2. The summed E-state index contributed by atoms with van der Waals surface area (Å²) in [4.78, 5) is 24.3. The summed E-state index contributed by atoms with van der Waals surface area (Å²) in [5.41, 5.74) is 2.19. The summed E-state index contributed by atoms with van der Waals surface area (Å²) in [6.45, 7) is 2.43. The molecule has 2 atom stereocenters. The van der Waals surface area contributed by atoms with Crippen LogP contribution < -0.4 is 10.6 Å². The average molecular weight is 343 g/mol. The molecule has 3 rings (SSSR count). The Hall–Kier alpha value is -2.33. The van der Waals surface area contributed by atoms with Gasteiger partial charge in [0.1, 0.15) is 0 Å². The van der Waals surface area contributed by atoms with Gasteiger partial charge in [-0.3, -0.25) is 9.59 Å². The molecule has 0 saturated heterocycles. The molecule has 1 saturated carbocycles. The second-order valence-electron chi connectivity index (χ2n) is 5.90.